The predicted octanol–water partition coefficient (Wildman–Crippen LogP) is 19.8. The average molecular weight is 948 g/mol. The van der Waals surface area contributed by atoms with Crippen molar-refractivity contribution in [3.05, 3.63) is 247 Å². The number of para-hydroxylation sites is 2. The van der Waals surface area contributed by atoms with Crippen molar-refractivity contribution in [3.8, 4) is 22.3 Å². The molecule has 0 unspecified atom stereocenters. The molecule has 10 aromatic rings. The maximum absolute atomic E-state index is 9.07. The Labute approximate surface area is 440 Å². The first-order valence-corrected chi connectivity index (χ1v) is 24.6. The Morgan fingerprint density at radius 2 is 0.847 bits per heavy atom. The Balaban J connectivity index is 1.25. The van der Waals surface area contributed by atoms with Crippen molar-refractivity contribution in [2.45, 2.75) is 77.6 Å². The van der Waals surface area contributed by atoms with Gasteiger partial charge in [-0.3, -0.25) is 0 Å². The second kappa shape index (κ2) is 18.6. The molecule has 9 aromatic carbocycles. The van der Waals surface area contributed by atoms with Crippen LogP contribution in [0.3, 0.4) is 0 Å². The molecule has 72 heavy (non-hydrogen) atoms. The number of hydrogen-bond donors (Lipinski definition) is 0. The van der Waals surface area contributed by atoms with Gasteiger partial charge >= 0.3 is 0 Å². The predicted molar refractivity (Wildman–Crippen MR) is 305 cm³/mol. The number of furan rings is 1. The normalized spacial score (nSPS) is 15.8. The average Bonchev–Trinajstić information content (AvgIpc) is 2.81. The number of nitrogens with zero attached hydrogens (tertiary/aromatic N) is 3. The smallest absolute Gasteiger partial charge is 0.136 e. The summed E-state index contributed by atoms with van der Waals surface area (Å²) in [7, 11) is 0. The molecule has 0 N–H and O–H groups in total. The molecule has 0 bridgehead atoms. The van der Waals surface area contributed by atoms with Crippen molar-refractivity contribution in [2.24, 2.45) is 0 Å². The van der Waals surface area contributed by atoms with Gasteiger partial charge in [-0.25, -0.2) is 0 Å². The Morgan fingerprint density at radius 3 is 1.33 bits per heavy atom. The lowest BCUT2D eigenvalue weighted by Crippen LogP contribution is -2.33. The molecule has 356 valence electrons. The van der Waals surface area contributed by atoms with Gasteiger partial charge in [0, 0.05) is 33.8 Å². The third-order valence-corrected chi connectivity index (χ3v) is 14.2. The van der Waals surface area contributed by atoms with Crippen LogP contribution < -0.4 is 14.7 Å². The Morgan fingerprint density at radius 1 is 0.417 bits per heavy atom. The van der Waals surface area contributed by atoms with Crippen LogP contribution in [0.4, 0.5) is 51.2 Å². The number of rotatable bonds is 11. The summed E-state index contributed by atoms with van der Waals surface area (Å²) in [4.78, 5) is 6.41. The summed E-state index contributed by atoms with van der Waals surface area (Å²) in [6.45, 7) is 15.8. The van der Waals surface area contributed by atoms with E-state index in [9.17, 15) is 0 Å². The van der Waals surface area contributed by atoms with Crippen LogP contribution in [0.25, 0.3) is 33.2 Å². The Bertz CT molecular complexity index is 3910. The molecule has 1 aromatic heterocycles. The fraction of sp³-hybridized carbons (Fsp3) is 0.176. The lowest BCUT2D eigenvalue weighted by Gasteiger charge is -2.41. The highest BCUT2D eigenvalue weighted by atomic mass is 16.3. The molecule has 1 aliphatic rings. The fourth-order valence-electron chi connectivity index (χ4n) is 10.2. The van der Waals surface area contributed by atoms with E-state index in [-0.39, 0.29) is 51.5 Å². The van der Waals surface area contributed by atoms with Crippen molar-refractivity contribution < 1.29 is 18.1 Å². The van der Waals surface area contributed by atoms with Crippen LogP contribution in [-0.2, 0) is 16.2 Å². The minimum atomic E-state index is -0.498. The van der Waals surface area contributed by atoms with Gasteiger partial charge in [0.05, 0.1) is 36.5 Å². The summed E-state index contributed by atoms with van der Waals surface area (Å²) in [5, 5.41) is 0.939. The van der Waals surface area contributed by atoms with Gasteiger partial charge in [-0.05, 0) is 159 Å². The van der Waals surface area contributed by atoms with E-state index < -0.39 is 36.3 Å². The maximum Gasteiger partial charge on any atom is 0.136 e. The van der Waals surface area contributed by atoms with E-state index in [0.717, 1.165) is 63.5 Å². The lowest BCUT2D eigenvalue weighted by atomic mass is 9.63. The highest BCUT2D eigenvalue weighted by Crippen LogP contribution is 2.52. The van der Waals surface area contributed by atoms with Gasteiger partial charge in [0.25, 0.3) is 0 Å². The summed E-state index contributed by atoms with van der Waals surface area (Å²) < 4.78 is 94.4. The largest absolute Gasteiger partial charge is 0.462 e. The molecule has 0 spiro atoms. The molecule has 0 atom stereocenters. The van der Waals surface area contributed by atoms with E-state index in [1.54, 1.807) is 36.4 Å². The highest BCUT2D eigenvalue weighted by Gasteiger charge is 2.38. The van der Waals surface area contributed by atoms with E-state index in [4.69, 9.17) is 18.1 Å². The summed E-state index contributed by atoms with van der Waals surface area (Å²) in [5.74, 6) is 0. The van der Waals surface area contributed by atoms with Crippen molar-refractivity contribution in [3.63, 3.8) is 0 Å². The minimum Gasteiger partial charge on any atom is -0.462 e. The SMILES string of the molecule is [2H]c1c([2H])c([2H])c(-c2cccc(N(c3cccc(-c4c([2H])c([2H])c([2H])c([2H])c4[2H])c3)c3cc(N(c4ccccc4)c4ccccc4)cc(N(c4ccc(C(C)(C)C)cc4)c4coc5cc6c(cc45)C(C)(C)CCC6(C)C)c3)c2)c([2H])c1[2H]. The van der Waals surface area contributed by atoms with Crippen LogP contribution >= 0.6 is 0 Å². The van der Waals surface area contributed by atoms with Crippen LogP contribution in [0.1, 0.15) is 91.7 Å². The fourth-order valence-corrected chi connectivity index (χ4v) is 10.2. The Hall–Kier alpha value is -8.08. The zero-order valence-corrected chi connectivity index (χ0v) is 41.8. The molecule has 1 aliphatic carbocycles. The van der Waals surface area contributed by atoms with Gasteiger partial charge in [-0.2, -0.15) is 0 Å². The van der Waals surface area contributed by atoms with E-state index >= 15 is 0 Å². The number of hydrogen-bond acceptors (Lipinski definition) is 4. The van der Waals surface area contributed by atoms with E-state index in [2.05, 4.69) is 137 Å². The maximum atomic E-state index is 9.07. The first-order chi connectivity index (χ1) is 38.9. The zero-order chi connectivity index (χ0) is 58.3. The highest BCUT2D eigenvalue weighted by molar-refractivity contribution is 5.99. The van der Waals surface area contributed by atoms with Gasteiger partial charge in [0.2, 0.25) is 0 Å². The molecular formula is C68H63N3O. The molecule has 0 radical (unpaired) electrons. The quantitative estimate of drug-likeness (QED) is 0.129. The van der Waals surface area contributed by atoms with Crippen LogP contribution in [-0.4, -0.2) is 0 Å². The van der Waals surface area contributed by atoms with Gasteiger partial charge in [-0.15, -0.1) is 0 Å². The molecular weight excluding hydrogens is 875 g/mol. The molecule has 0 amide bonds. The second-order valence-electron chi connectivity index (χ2n) is 21.1. The van der Waals surface area contributed by atoms with Crippen molar-refractivity contribution in [1.82, 2.24) is 0 Å². The lowest BCUT2D eigenvalue weighted by molar-refractivity contribution is 0.332. The third kappa shape index (κ3) is 8.99. The monoisotopic (exact) mass is 948 g/mol. The van der Waals surface area contributed by atoms with Gasteiger partial charge in [-0.1, -0.05) is 182 Å². The van der Waals surface area contributed by atoms with Crippen LogP contribution in [0.2, 0.25) is 0 Å². The first-order valence-electron chi connectivity index (χ1n) is 29.6. The van der Waals surface area contributed by atoms with E-state index in [0.29, 0.717) is 28.2 Å². The number of benzene rings is 9. The minimum absolute atomic E-state index is 0.0277. The second-order valence-corrected chi connectivity index (χ2v) is 21.1. The van der Waals surface area contributed by atoms with Gasteiger partial charge < -0.3 is 19.1 Å². The van der Waals surface area contributed by atoms with Crippen molar-refractivity contribution in [2.75, 3.05) is 14.7 Å². The standard InChI is InChI=1S/C68H63N3O/c1-66(2,3)52-34-36-55(37-35-52)71(64-47-72-65-46-63-62(45-61(64)65)67(4,5)38-39-68(63,6)7)60-43-58(69(53-28-16-10-17-29-53)54-30-18-11-19-31-54)42-59(44-60)70(56-32-20-26-50(40-56)48-22-12-8-13-23-48)57-33-21-27-51(41-57)49-24-14-9-15-25-49/h8-37,40-47H,38-39H2,1-7H3/i8D,9D,12D,13D,14D,15D,22D,23D,24D,25D. The van der Waals surface area contributed by atoms with Gasteiger partial charge in [0.1, 0.15) is 11.8 Å². The van der Waals surface area contributed by atoms with Crippen LogP contribution in [0.15, 0.2) is 235 Å². The Kier molecular flexibility index (Phi) is 9.28. The number of fused-ring (bicyclic) bond motifs is 2. The summed E-state index contributed by atoms with van der Waals surface area (Å²) in [5.41, 5.74) is 11.5. The van der Waals surface area contributed by atoms with Crippen molar-refractivity contribution >= 4 is 62.2 Å². The van der Waals surface area contributed by atoms with E-state index in [1.165, 1.54) is 11.1 Å². The van der Waals surface area contributed by atoms with Crippen LogP contribution in [0.5, 0.6) is 0 Å². The summed E-state index contributed by atoms with van der Waals surface area (Å²) in [6, 6.07) is 49.9. The molecule has 4 heteroatoms. The van der Waals surface area contributed by atoms with E-state index in [1.807, 2.05) is 59.7 Å². The molecule has 0 saturated carbocycles. The summed E-state index contributed by atoms with van der Waals surface area (Å²) >= 11 is 0. The number of anilines is 9. The molecule has 1 heterocycles. The molecule has 0 aliphatic heterocycles. The zero-order valence-electron chi connectivity index (χ0n) is 51.8. The molecule has 4 nitrogen and oxygen atoms in total. The molecule has 0 fully saturated rings. The van der Waals surface area contributed by atoms with Crippen molar-refractivity contribution in [1.29, 1.82) is 0 Å². The third-order valence-electron chi connectivity index (χ3n) is 14.2. The molecule has 11 rings (SSSR count). The van der Waals surface area contributed by atoms with Crippen LogP contribution in [0, 0.1) is 0 Å². The molecule has 0 saturated heterocycles. The van der Waals surface area contributed by atoms with Gasteiger partial charge in [0.15, 0.2) is 0 Å². The topological polar surface area (TPSA) is 22.9 Å². The first kappa shape index (κ1) is 35.9. The summed E-state index contributed by atoms with van der Waals surface area (Å²) in [6.07, 6.45) is 3.91.